The highest BCUT2D eigenvalue weighted by molar-refractivity contribution is 7.92. The molecule has 0 aromatic rings. The van der Waals surface area contributed by atoms with Gasteiger partial charge < -0.3 is 5.11 Å². The summed E-state index contributed by atoms with van der Waals surface area (Å²) in [4.78, 5) is 8.07. The minimum Gasteiger partial charge on any atom is -0.507 e. The van der Waals surface area contributed by atoms with E-state index >= 15 is 0 Å². The Bertz CT molecular complexity index is 557. The molecule has 0 aliphatic rings. The Labute approximate surface area is 127 Å². The van der Waals surface area contributed by atoms with Crippen molar-refractivity contribution in [2.24, 2.45) is 9.98 Å². The predicted octanol–water partition coefficient (Wildman–Crippen LogP) is 3.22. The van der Waals surface area contributed by atoms with Gasteiger partial charge in [-0.25, -0.2) is 8.42 Å². The summed E-state index contributed by atoms with van der Waals surface area (Å²) in [5.74, 6) is -0.155. The number of aliphatic imine (C=N–C) groups is 2. The minimum atomic E-state index is -3.31. The molecule has 0 spiro atoms. The first-order chi connectivity index (χ1) is 9.76. The van der Waals surface area contributed by atoms with E-state index in [9.17, 15) is 8.42 Å². The average Bonchev–Trinajstić information content (AvgIpc) is 2.40. The fourth-order valence-corrected chi connectivity index (χ4v) is 2.96. The van der Waals surface area contributed by atoms with Gasteiger partial charge in [-0.15, -0.1) is 0 Å². The van der Waals surface area contributed by atoms with Crippen molar-refractivity contribution < 1.29 is 13.5 Å². The standard InChI is InChI=1S/C15H24N2O3S/c1-6-8-9-16-15(13(4)17-11-12(3)18)14(5)21(19,20)10-7-2/h8-9,11,14,18H,3-4,6-7,10H2,1-2,5H3/b9-8-,16-15-,17-11-. The highest BCUT2D eigenvalue weighted by Crippen LogP contribution is 2.13. The van der Waals surface area contributed by atoms with Crippen molar-refractivity contribution in [1.82, 2.24) is 0 Å². The van der Waals surface area contributed by atoms with Crippen molar-refractivity contribution in [2.45, 2.75) is 38.9 Å². The van der Waals surface area contributed by atoms with Gasteiger partial charge in [-0.2, -0.15) is 0 Å². The van der Waals surface area contributed by atoms with E-state index in [1.165, 1.54) is 0 Å². The third-order valence-corrected chi connectivity index (χ3v) is 4.91. The maximum absolute atomic E-state index is 12.2. The summed E-state index contributed by atoms with van der Waals surface area (Å²) in [5, 5.41) is 8.21. The molecule has 0 amide bonds. The van der Waals surface area contributed by atoms with Crippen LogP contribution in [0.1, 0.15) is 33.6 Å². The molecule has 0 aliphatic carbocycles. The Morgan fingerprint density at radius 1 is 1.33 bits per heavy atom. The van der Waals surface area contributed by atoms with Gasteiger partial charge in [0.2, 0.25) is 0 Å². The van der Waals surface area contributed by atoms with Crippen molar-refractivity contribution in [1.29, 1.82) is 0 Å². The first kappa shape index (κ1) is 19.3. The minimum absolute atomic E-state index is 0.0778. The summed E-state index contributed by atoms with van der Waals surface area (Å²) in [6.45, 7) is 12.3. The average molecular weight is 312 g/mol. The van der Waals surface area contributed by atoms with E-state index in [4.69, 9.17) is 5.11 Å². The molecule has 0 bridgehead atoms. The molecule has 0 aromatic carbocycles. The maximum atomic E-state index is 12.2. The van der Waals surface area contributed by atoms with Gasteiger partial charge in [0.15, 0.2) is 9.84 Å². The number of sulfone groups is 1. The van der Waals surface area contributed by atoms with Gasteiger partial charge in [0, 0.05) is 6.20 Å². The Morgan fingerprint density at radius 2 is 1.95 bits per heavy atom. The largest absolute Gasteiger partial charge is 0.507 e. The molecule has 1 unspecified atom stereocenters. The number of hydrogen-bond acceptors (Lipinski definition) is 5. The van der Waals surface area contributed by atoms with Gasteiger partial charge in [-0.05, 0) is 19.8 Å². The highest BCUT2D eigenvalue weighted by Gasteiger charge is 2.26. The number of rotatable bonds is 9. The molecule has 0 radical (unpaired) electrons. The topological polar surface area (TPSA) is 79.1 Å². The summed E-state index contributed by atoms with van der Waals surface area (Å²) in [5.41, 5.74) is 0.462. The smallest absolute Gasteiger partial charge is 0.158 e. The van der Waals surface area contributed by atoms with Gasteiger partial charge in [-0.3, -0.25) is 9.98 Å². The van der Waals surface area contributed by atoms with E-state index in [0.29, 0.717) is 6.42 Å². The van der Waals surface area contributed by atoms with Crippen LogP contribution in [0, 0.1) is 0 Å². The molecular formula is C15H24N2O3S. The molecule has 1 atom stereocenters. The first-order valence-corrected chi connectivity index (χ1v) is 8.53. The predicted molar refractivity (Wildman–Crippen MR) is 89.8 cm³/mol. The number of nitrogens with zero attached hydrogens (tertiary/aromatic N) is 2. The lowest BCUT2D eigenvalue weighted by molar-refractivity contribution is 0.449. The van der Waals surface area contributed by atoms with E-state index in [1.54, 1.807) is 26.1 Å². The number of hydrogen-bond donors (Lipinski definition) is 1. The second-order valence-corrected chi connectivity index (χ2v) is 6.95. The molecule has 0 saturated heterocycles. The highest BCUT2D eigenvalue weighted by atomic mass is 32.2. The molecule has 118 valence electrons. The van der Waals surface area contributed by atoms with Crippen molar-refractivity contribution in [3.8, 4) is 0 Å². The molecule has 0 rings (SSSR count). The number of allylic oxidation sites excluding steroid dienone is 3. The van der Waals surface area contributed by atoms with Crippen LogP contribution < -0.4 is 0 Å². The molecule has 0 heterocycles. The molecule has 5 nitrogen and oxygen atoms in total. The molecule has 21 heavy (non-hydrogen) atoms. The van der Waals surface area contributed by atoms with E-state index in [0.717, 1.165) is 12.6 Å². The van der Waals surface area contributed by atoms with Crippen LogP contribution in [-0.2, 0) is 9.84 Å². The van der Waals surface area contributed by atoms with Gasteiger partial charge in [0.25, 0.3) is 0 Å². The van der Waals surface area contributed by atoms with Gasteiger partial charge in [0.1, 0.15) is 11.0 Å². The fraction of sp³-hybridized carbons (Fsp3) is 0.467. The van der Waals surface area contributed by atoms with Gasteiger partial charge in [-0.1, -0.05) is 33.1 Å². The van der Waals surface area contributed by atoms with Crippen LogP contribution in [0.4, 0.5) is 0 Å². The van der Waals surface area contributed by atoms with E-state index < -0.39 is 15.1 Å². The third-order valence-electron chi connectivity index (χ3n) is 2.63. The van der Waals surface area contributed by atoms with Crippen molar-refractivity contribution in [3.63, 3.8) is 0 Å². The molecule has 1 N–H and O–H groups in total. The third kappa shape index (κ3) is 7.04. The summed E-state index contributed by atoms with van der Waals surface area (Å²) in [6.07, 6.45) is 5.79. The van der Waals surface area contributed by atoms with Crippen LogP contribution in [-0.4, -0.2) is 36.5 Å². The summed E-state index contributed by atoms with van der Waals surface area (Å²) < 4.78 is 24.4. The normalized spacial score (nSPS) is 14.7. The van der Waals surface area contributed by atoms with Crippen LogP contribution in [0.2, 0.25) is 0 Å². The lowest BCUT2D eigenvalue weighted by Crippen LogP contribution is -2.30. The van der Waals surface area contributed by atoms with Crippen LogP contribution in [0.15, 0.2) is 46.9 Å². The zero-order valence-corrected chi connectivity index (χ0v) is 13.7. The second kappa shape index (κ2) is 9.28. The summed E-state index contributed by atoms with van der Waals surface area (Å²) in [6, 6.07) is 0. The van der Waals surface area contributed by atoms with Crippen LogP contribution in [0.5, 0.6) is 0 Å². The van der Waals surface area contributed by atoms with Crippen LogP contribution in [0.3, 0.4) is 0 Å². The summed E-state index contributed by atoms with van der Waals surface area (Å²) >= 11 is 0. The number of aliphatic hydroxyl groups excluding tert-OH is 1. The zero-order chi connectivity index (χ0) is 16.5. The Morgan fingerprint density at radius 3 is 2.43 bits per heavy atom. The molecule has 0 aliphatic heterocycles. The van der Waals surface area contributed by atoms with E-state index in [1.807, 2.05) is 6.92 Å². The maximum Gasteiger partial charge on any atom is 0.158 e. The number of aliphatic hydroxyl groups is 1. The molecule has 6 heteroatoms. The van der Waals surface area contributed by atoms with Crippen molar-refractivity contribution in [2.75, 3.05) is 5.75 Å². The molecule has 0 saturated carbocycles. The van der Waals surface area contributed by atoms with Crippen LogP contribution in [0.25, 0.3) is 0 Å². The zero-order valence-electron chi connectivity index (χ0n) is 12.9. The quantitative estimate of drug-likeness (QED) is 0.524. The molecular weight excluding hydrogens is 288 g/mol. The second-order valence-electron chi connectivity index (χ2n) is 4.51. The van der Waals surface area contributed by atoms with Gasteiger partial charge in [0.05, 0.1) is 23.4 Å². The molecule has 0 aromatic heterocycles. The van der Waals surface area contributed by atoms with Crippen molar-refractivity contribution >= 4 is 21.8 Å². The summed E-state index contributed by atoms with van der Waals surface area (Å²) in [7, 11) is -3.31. The van der Waals surface area contributed by atoms with Crippen molar-refractivity contribution in [3.05, 3.63) is 36.9 Å². The van der Waals surface area contributed by atoms with E-state index in [-0.39, 0.29) is 22.9 Å². The Hall–Kier alpha value is -1.69. The Kier molecular flexibility index (Phi) is 8.54. The monoisotopic (exact) mass is 312 g/mol. The lowest BCUT2D eigenvalue weighted by atomic mass is 10.2. The van der Waals surface area contributed by atoms with Crippen LogP contribution >= 0.6 is 0 Å². The SMILES string of the molecule is C=C(O)/C=N\C(=C)/C(=N/C=C\CC)C(C)S(=O)(=O)CCC. The van der Waals surface area contributed by atoms with E-state index in [2.05, 4.69) is 23.1 Å². The first-order valence-electron chi connectivity index (χ1n) is 6.81. The van der Waals surface area contributed by atoms with Gasteiger partial charge >= 0.3 is 0 Å². The Balaban J connectivity index is 5.53. The lowest BCUT2D eigenvalue weighted by Gasteiger charge is -2.14. The molecule has 0 fully saturated rings. The fourth-order valence-electron chi connectivity index (χ4n) is 1.50.